The number of anilines is 2. The molecule has 41 heavy (non-hydrogen) atoms. The molecule has 1 aromatic carbocycles. The largest absolute Gasteiger partial charge is 0.444 e. The van der Waals surface area contributed by atoms with Crippen LogP contribution in [-0.2, 0) is 28.7 Å². The van der Waals surface area contributed by atoms with Crippen LogP contribution in [0, 0.1) is 6.92 Å². The number of benzene rings is 1. The molecule has 0 atom stereocenters. The lowest BCUT2D eigenvalue weighted by Gasteiger charge is -2.37. The number of fused-ring (bicyclic) bond motifs is 1. The highest BCUT2D eigenvalue weighted by atomic mass is 79.9. The number of aromatic nitrogens is 4. The lowest BCUT2D eigenvalue weighted by atomic mass is 10.1. The van der Waals surface area contributed by atoms with E-state index in [1.807, 2.05) is 11.8 Å². The Morgan fingerprint density at radius 1 is 1.12 bits per heavy atom. The minimum atomic E-state index is -4.50. The molecule has 3 aromatic rings. The zero-order valence-corrected chi connectivity index (χ0v) is 24.9. The highest BCUT2D eigenvalue weighted by molar-refractivity contribution is 9.10. The topological polar surface area (TPSA) is 114 Å². The molecular weight excluding hydrogens is 611 g/mol. The van der Waals surface area contributed by atoms with Gasteiger partial charge in [-0.15, -0.1) is 5.10 Å². The summed E-state index contributed by atoms with van der Waals surface area (Å²) in [5.41, 5.74) is -0.513. The number of nitrogens with one attached hydrogen (secondary N) is 1. The van der Waals surface area contributed by atoms with Gasteiger partial charge >= 0.3 is 12.3 Å². The predicted molar refractivity (Wildman–Crippen MR) is 149 cm³/mol. The molecule has 1 aliphatic heterocycles. The lowest BCUT2D eigenvalue weighted by molar-refractivity contribution is -0.137. The van der Waals surface area contributed by atoms with Crippen LogP contribution < -0.4 is 15.8 Å². The molecule has 11 nitrogen and oxygen atoms in total. The normalized spacial score (nSPS) is 14.5. The van der Waals surface area contributed by atoms with Gasteiger partial charge in [0.05, 0.1) is 11.3 Å². The maximum Gasteiger partial charge on any atom is 0.416 e. The highest BCUT2D eigenvalue weighted by Gasteiger charge is 2.32. The molecule has 0 saturated carbocycles. The SMILES string of the molecule is CCc1c(N2CCN(C(=O)OC(C)(C)C)CC2)c(=O)n2nc(Br)nc2n1CC(=O)Nc1ccc(C(F)(F)F)cc1C. The van der Waals surface area contributed by atoms with Crippen LogP contribution in [0.15, 0.2) is 27.7 Å². The standard InChI is InChI=1S/C26H31BrF3N7O4/c1-6-18-20(34-9-11-35(12-10-34)24(40)41-25(3,4)5)21(39)37-23(32-22(27)33-37)36(18)14-19(38)31-17-8-7-16(13-15(17)2)26(28,29)30/h7-8,13H,6,9-12,14H2,1-5H3,(H,31,38). The number of piperazine rings is 1. The number of ether oxygens (including phenoxy) is 1. The van der Waals surface area contributed by atoms with Crippen molar-refractivity contribution in [2.24, 2.45) is 0 Å². The van der Waals surface area contributed by atoms with E-state index in [1.165, 1.54) is 13.0 Å². The van der Waals surface area contributed by atoms with Crippen molar-refractivity contribution >= 4 is 45.1 Å². The number of amides is 2. The van der Waals surface area contributed by atoms with Gasteiger partial charge in [-0.1, -0.05) is 6.92 Å². The Labute approximate surface area is 242 Å². The number of halogens is 4. The number of nitrogens with zero attached hydrogens (tertiary/aromatic N) is 6. The van der Waals surface area contributed by atoms with Crippen LogP contribution in [0.25, 0.3) is 5.78 Å². The second-order valence-corrected chi connectivity index (χ2v) is 11.4. The smallest absolute Gasteiger partial charge is 0.416 e. The van der Waals surface area contributed by atoms with E-state index < -0.39 is 34.9 Å². The van der Waals surface area contributed by atoms with Crippen LogP contribution in [0.1, 0.15) is 44.5 Å². The molecular formula is C26H31BrF3N7O4. The van der Waals surface area contributed by atoms with Crippen LogP contribution in [0.3, 0.4) is 0 Å². The number of hydrogen-bond acceptors (Lipinski definition) is 7. The molecule has 0 bridgehead atoms. The first kappa shape index (κ1) is 30.3. The zero-order valence-electron chi connectivity index (χ0n) is 23.3. The molecule has 1 fully saturated rings. The Morgan fingerprint density at radius 2 is 1.78 bits per heavy atom. The van der Waals surface area contributed by atoms with E-state index in [0.717, 1.165) is 16.6 Å². The lowest BCUT2D eigenvalue weighted by Crippen LogP contribution is -2.51. The molecule has 3 heterocycles. The molecule has 1 aliphatic rings. The summed E-state index contributed by atoms with van der Waals surface area (Å²) in [7, 11) is 0. The molecule has 2 amide bonds. The molecule has 1 N–H and O–H groups in total. The maximum absolute atomic E-state index is 13.6. The van der Waals surface area contributed by atoms with Gasteiger partial charge in [0, 0.05) is 31.9 Å². The monoisotopic (exact) mass is 641 g/mol. The molecule has 222 valence electrons. The minimum absolute atomic E-state index is 0.133. The summed E-state index contributed by atoms with van der Waals surface area (Å²) in [4.78, 5) is 47.0. The van der Waals surface area contributed by atoms with Crippen LogP contribution in [0.4, 0.5) is 29.3 Å². The second-order valence-electron chi connectivity index (χ2n) is 10.7. The van der Waals surface area contributed by atoms with E-state index in [9.17, 15) is 27.6 Å². The Morgan fingerprint density at radius 3 is 2.34 bits per heavy atom. The number of carbonyl (C=O) groups excluding carboxylic acids is 2. The Kier molecular flexibility index (Phi) is 8.39. The first-order valence-corrected chi connectivity index (χ1v) is 13.8. The summed E-state index contributed by atoms with van der Waals surface area (Å²) < 4.78 is 47.5. The average molecular weight is 642 g/mol. The third kappa shape index (κ3) is 6.66. The summed E-state index contributed by atoms with van der Waals surface area (Å²) in [6.45, 7) is 9.75. The van der Waals surface area contributed by atoms with Gasteiger partial charge in [0.1, 0.15) is 17.8 Å². The first-order chi connectivity index (χ1) is 19.1. The van der Waals surface area contributed by atoms with Crippen LogP contribution in [0.5, 0.6) is 0 Å². The van der Waals surface area contributed by atoms with Gasteiger partial charge in [0.2, 0.25) is 16.4 Å². The number of aryl methyl sites for hydroxylation is 1. The second kappa shape index (κ2) is 11.3. The number of alkyl halides is 3. The van der Waals surface area contributed by atoms with Gasteiger partial charge in [-0.25, -0.2) is 4.79 Å². The van der Waals surface area contributed by atoms with Crippen molar-refractivity contribution < 1.29 is 27.5 Å². The van der Waals surface area contributed by atoms with Gasteiger partial charge in [-0.05, 0) is 73.8 Å². The predicted octanol–water partition coefficient (Wildman–Crippen LogP) is 4.24. The van der Waals surface area contributed by atoms with Crippen LogP contribution in [-0.4, -0.2) is 67.8 Å². The fourth-order valence-corrected chi connectivity index (χ4v) is 4.97. The zero-order chi connectivity index (χ0) is 30.3. The molecule has 0 aliphatic carbocycles. The third-order valence-corrected chi connectivity index (χ3v) is 6.85. The number of hydrogen-bond donors (Lipinski definition) is 1. The van der Waals surface area contributed by atoms with Crippen LogP contribution >= 0.6 is 15.9 Å². The fourth-order valence-electron chi connectivity index (χ4n) is 4.66. The van der Waals surface area contributed by atoms with Gasteiger partial charge in [0.15, 0.2) is 0 Å². The maximum atomic E-state index is 13.6. The Balaban J connectivity index is 1.64. The summed E-state index contributed by atoms with van der Waals surface area (Å²) in [5.74, 6) is -0.387. The molecule has 0 radical (unpaired) electrons. The van der Waals surface area contributed by atoms with Crippen molar-refractivity contribution in [1.82, 2.24) is 24.1 Å². The van der Waals surface area contributed by atoms with E-state index in [2.05, 4.69) is 31.3 Å². The van der Waals surface area contributed by atoms with Gasteiger partial charge < -0.3 is 24.4 Å². The van der Waals surface area contributed by atoms with Crippen molar-refractivity contribution in [3.8, 4) is 0 Å². The van der Waals surface area contributed by atoms with Crippen molar-refractivity contribution in [2.45, 2.75) is 59.4 Å². The molecule has 0 unspecified atom stereocenters. The Bertz CT molecular complexity index is 1540. The van der Waals surface area contributed by atoms with E-state index in [-0.39, 0.29) is 28.3 Å². The van der Waals surface area contributed by atoms with E-state index in [4.69, 9.17) is 4.74 Å². The van der Waals surface area contributed by atoms with Gasteiger partial charge in [-0.2, -0.15) is 22.7 Å². The molecule has 4 rings (SSSR count). The molecule has 0 spiro atoms. The third-order valence-electron chi connectivity index (χ3n) is 6.51. The number of carbonyl (C=O) groups is 2. The summed E-state index contributed by atoms with van der Waals surface area (Å²) in [6, 6.07) is 3.08. The van der Waals surface area contributed by atoms with Crippen molar-refractivity contribution in [3.63, 3.8) is 0 Å². The average Bonchev–Trinajstić information content (AvgIpc) is 3.27. The minimum Gasteiger partial charge on any atom is -0.444 e. The van der Waals surface area contributed by atoms with Gasteiger partial charge in [0.25, 0.3) is 5.56 Å². The summed E-state index contributed by atoms with van der Waals surface area (Å²) in [5, 5.41) is 6.83. The summed E-state index contributed by atoms with van der Waals surface area (Å²) >= 11 is 3.20. The van der Waals surface area contributed by atoms with Crippen molar-refractivity contribution in [2.75, 3.05) is 36.4 Å². The quantitative estimate of drug-likeness (QED) is 0.443. The van der Waals surface area contributed by atoms with Crippen LogP contribution in [0.2, 0.25) is 0 Å². The highest BCUT2D eigenvalue weighted by Crippen LogP contribution is 2.31. The first-order valence-electron chi connectivity index (χ1n) is 13.0. The van der Waals surface area contributed by atoms with E-state index in [1.54, 1.807) is 30.2 Å². The van der Waals surface area contributed by atoms with Crippen molar-refractivity contribution in [1.29, 1.82) is 0 Å². The van der Waals surface area contributed by atoms with Crippen molar-refractivity contribution in [3.05, 3.63) is 50.1 Å². The van der Waals surface area contributed by atoms with E-state index >= 15 is 0 Å². The summed E-state index contributed by atoms with van der Waals surface area (Å²) in [6.07, 6.45) is -4.57. The van der Waals surface area contributed by atoms with Gasteiger partial charge in [-0.3, -0.25) is 9.59 Å². The number of rotatable bonds is 5. The molecule has 1 saturated heterocycles. The Hall–Kier alpha value is -3.62. The molecule has 2 aromatic heterocycles. The van der Waals surface area contributed by atoms with E-state index in [0.29, 0.717) is 44.0 Å². The molecule has 15 heteroatoms. The fraction of sp³-hybridized carbons (Fsp3) is 0.500.